The minimum absolute atomic E-state index is 0.000880. The Bertz CT molecular complexity index is 72.1. The lowest BCUT2D eigenvalue weighted by atomic mass is 11.7. The molecule has 56 valence electrons. The van der Waals surface area contributed by atoms with Crippen LogP contribution in [0.2, 0.25) is 0 Å². The van der Waals surface area contributed by atoms with Crippen molar-refractivity contribution in [3.05, 3.63) is 0 Å². The topological polar surface area (TPSA) is 0 Å². The summed E-state index contributed by atoms with van der Waals surface area (Å²) < 4.78 is 34.6. The third-order valence-electron chi connectivity index (χ3n) is 0.404. The zero-order chi connectivity index (χ0) is 7.28. The molecule has 9 heavy (non-hydrogen) atoms. The number of hydrogen-bond donors (Lipinski definition) is 0. The van der Waals surface area contributed by atoms with Crippen LogP contribution in [0.1, 0.15) is 0 Å². The number of rotatable bonds is 4. The fourth-order valence-corrected chi connectivity index (χ4v) is 1.76. The van der Waals surface area contributed by atoms with E-state index in [4.69, 9.17) is 11.6 Å². The molecule has 0 saturated carbocycles. The Kier molecular flexibility index (Phi) is 6.04. The van der Waals surface area contributed by atoms with E-state index in [0.717, 1.165) is 0 Å². The van der Waals surface area contributed by atoms with Crippen LogP contribution in [0.25, 0.3) is 0 Å². The highest BCUT2D eigenvalue weighted by Gasteiger charge is 2.13. The van der Waals surface area contributed by atoms with Gasteiger partial charge in [0.15, 0.2) is 4.84 Å². The van der Waals surface area contributed by atoms with Crippen molar-refractivity contribution >= 4 is 35.1 Å². The molecule has 0 aliphatic rings. The minimum atomic E-state index is -2.66. The zero-order valence-electron chi connectivity index (χ0n) is 4.19. The third-order valence-corrected chi connectivity index (χ3v) is 2.33. The summed E-state index contributed by atoms with van der Waals surface area (Å²) >= 11 is 5.64. The van der Waals surface area contributed by atoms with E-state index in [1.54, 1.807) is 0 Å². The van der Waals surface area contributed by atoms with Gasteiger partial charge in [-0.2, -0.15) is 8.78 Å². The summed E-state index contributed by atoms with van der Waals surface area (Å²) in [6.07, 6.45) is 0. The first kappa shape index (κ1) is 9.78. The van der Waals surface area contributed by atoms with E-state index in [0.29, 0.717) is 11.8 Å². The lowest BCUT2D eigenvalue weighted by Gasteiger charge is -2.02. The van der Waals surface area contributed by atoms with Crippen LogP contribution in [-0.4, -0.2) is 15.8 Å². The van der Waals surface area contributed by atoms with E-state index in [2.05, 4.69) is 0 Å². The molecule has 0 aromatic rings. The van der Waals surface area contributed by atoms with E-state index in [9.17, 15) is 13.2 Å². The first-order valence-corrected chi connectivity index (χ1v) is 4.44. The first-order valence-electron chi connectivity index (χ1n) is 1.92. The Morgan fingerprint density at radius 3 is 2.22 bits per heavy atom. The Labute approximate surface area is 64.5 Å². The van der Waals surface area contributed by atoms with E-state index in [-0.39, 0.29) is 17.0 Å². The van der Waals surface area contributed by atoms with Gasteiger partial charge in [0.2, 0.25) is 0 Å². The van der Waals surface area contributed by atoms with Crippen LogP contribution < -0.4 is 0 Å². The highest BCUT2D eigenvalue weighted by molar-refractivity contribution is 8.17. The first-order chi connectivity index (χ1) is 4.16. The lowest BCUT2D eigenvalue weighted by molar-refractivity contribution is 0.250. The van der Waals surface area contributed by atoms with Crippen LogP contribution >= 0.6 is 35.1 Å². The molecule has 0 aliphatic heterocycles. The van der Waals surface area contributed by atoms with Crippen molar-refractivity contribution in [1.82, 2.24) is 0 Å². The van der Waals surface area contributed by atoms with Gasteiger partial charge >= 0.3 is 0 Å². The second-order valence-electron chi connectivity index (χ2n) is 0.947. The Hall–Kier alpha value is 0.780. The molecule has 0 nitrogen and oxygen atoms in total. The van der Waals surface area contributed by atoms with Gasteiger partial charge < -0.3 is 0 Å². The molecular formula is C3H4ClF3S2. The lowest BCUT2D eigenvalue weighted by Crippen LogP contribution is -1.91. The molecule has 0 amide bonds. The summed E-state index contributed by atoms with van der Waals surface area (Å²) in [5.74, 6) is -2.66. The van der Waals surface area contributed by atoms with Gasteiger partial charge in [0.25, 0.3) is 5.76 Å². The quantitative estimate of drug-likeness (QED) is 0.501. The van der Waals surface area contributed by atoms with Crippen molar-refractivity contribution < 1.29 is 13.2 Å². The number of halogens is 4. The highest BCUT2D eigenvalue weighted by atomic mass is 35.5. The van der Waals surface area contributed by atoms with Crippen molar-refractivity contribution in [2.24, 2.45) is 0 Å². The fourth-order valence-electron chi connectivity index (χ4n) is 0.170. The molecule has 0 rings (SSSR count). The monoisotopic (exact) mass is 196 g/mol. The van der Waals surface area contributed by atoms with Crippen LogP contribution in [-0.2, 0) is 0 Å². The summed E-state index contributed by atoms with van der Waals surface area (Å²) in [4.78, 5) is -1.61. The normalized spacial score (nSPS) is 14.3. The van der Waals surface area contributed by atoms with Gasteiger partial charge in [0, 0.05) is 0 Å². The second kappa shape index (κ2) is 5.56. The largest absolute Gasteiger partial charge is 0.287 e. The summed E-state index contributed by atoms with van der Waals surface area (Å²) in [6.45, 7) is 0. The van der Waals surface area contributed by atoms with E-state index in [1.165, 1.54) is 0 Å². The van der Waals surface area contributed by atoms with Crippen LogP contribution in [0.4, 0.5) is 13.2 Å². The summed E-state index contributed by atoms with van der Waals surface area (Å²) in [5.41, 5.74) is 0. The average molecular weight is 197 g/mol. The molecular weight excluding hydrogens is 193 g/mol. The summed E-state index contributed by atoms with van der Waals surface area (Å²) in [6, 6.07) is 0. The smallest absolute Gasteiger partial charge is 0.223 e. The molecule has 0 heterocycles. The Morgan fingerprint density at radius 2 is 1.89 bits per heavy atom. The van der Waals surface area contributed by atoms with Crippen molar-refractivity contribution in [3.63, 3.8) is 0 Å². The predicted octanol–water partition coefficient (Wildman–Crippen LogP) is 3.12. The van der Waals surface area contributed by atoms with Crippen LogP contribution in [0.3, 0.4) is 0 Å². The van der Waals surface area contributed by atoms with Crippen molar-refractivity contribution in [2.45, 2.75) is 10.6 Å². The number of thioether (sulfide) groups is 2. The zero-order valence-corrected chi connectivity index (χ0v) is 6.58. The molecule has 0 spiro atoms. The molecule has 1 unspecified atom stereocenters. The average Bonchev–Trinajstić information content (AvgIpc) is 1.63. The maximum Gasteiger partial charge on any atom is 0.287 e. The van der Waals surface area contributed by atoms with Crippen LogP contribution in [0.15, 0.2) is 0 Å². The number of alkyl halides is 4. The van der Waals surface area contributed by atoms with E-state index >= 15 is 0 Å². The predicted molar refractivity (Wildman–Crippen MR) is 36.8 cm³/mol. The molecule has 0 aromatic heterocycles. The van der Waals surface area contributed by atoms with E-state index in [1.807, 2.05) is 0 Å². The Morgan fingerprint density at radius 1 is 1.33 bits per heavy atom. The molecule has 0 aliphatic carbocycles. The molecule has 0 saturated heterocycles. The maximum absolute atomic E-state index is 12.0. The highest BCUT2D eigenvalue weighted by Crippen LogP contribution is 2.30. The van der Waals surface area contributed by atoms with Gasteiger partial charge in [-0.25, -0.2) is 4.39 Å². The van der Waals surface area contributed by atoms with Crippen LogP contribution in [0, 0.1) is 0 Å². The van der Waals surface area contributed by atoms with Gasteiger partial charge in [-0.3, -0.25) is 0 Å². The molecule has 0 N–H and O–H groups in total. The van der Waals surface area contributed by atoms with Gasteiger partial charge in [-0.1, -0.05) is 11.8 Å². The SMILES string of the molecule is FC(F)SC(F)SCCl. The van der Waals surface area contributed by atoms with Gasteiger partial charge in [0.05, 0.1) is 5.21 Å². The van der Waals surface area contributed by atoms with Crippen molar-refractivity contribution in [3.8, 4) is 0 Å². The van der Waals surface area contributed by atoms with Crippen molar-refractivity contribution in [2.75, 3.05) is 5.21 Å². The molecule has 0 aromatic carbocycles. The van der Waals surface area contributed by atoms with Gasteiger partial charge in [-0.05, 0) is 11.8 Å². The molecule has 1 atom stereocenters. The molecule has 0 bridgehead atoms. The molecule has 6 heteroatoms. The standard InChI is InChI=1S/C3H4ClF3S2/c4-1-8-3(7)9-2(5)6/h2-3H,1H2. The van der Waals surface area contributed by atoms with Crippen molar-refractivity contribution in [1.29, 1.82) is 0 Å². The Balaban J connectivity index is 3.15. The molecule has 0 radical (unpaired) electrons. The van der Waals surface area contributed by atoms with E-state index < -0.39 is 10.6 Å². The third kappa shape index (κ3) is 6.67. The van der Waals surface area contributed by atoms with Gasteiger partial charge in [-0.15, -0.1) is 11.6 Å². The number of hydrogen-bond acceptors (Lipinski definition) is 2. The van der Waals surface area contributed by atoms with Gasteiger partial charge in [0.1, 0.15) is 0 Å². The molecule has 0 fully saturated rings. The summed E-state index contributed by atoms with van der Waals surface area (Å²) in [7, 11) is 0. The second-order valence-corrected chi connectivity index (χ2v) is 3.91. The van der Waals surface area contributed by atoms with Crippen LogP contribution in [0.5, 0.6) is 0 Å². The fraction of sp³-hybridized carbons (Fsp3) is 1.00. The maximum atomic E-state index is 12.0. The minimum Gasteiger partial charge on any atom is -0.223 e. The summed E-state index contributed by atoms with van der Waals surface area (Å²) in [5, 5.41) is 0.000880.